The lowest BCUT2D eigenvalue weighted by atomic mass is 10.1. The van der Waals surface area contributed by atoms with Crippen molar-refractivity contribution >= 4 is 27.2 Å². The van der Waals surface area contributed by atoms with Crippen LogP contribution in [0.3, 0.4) is 0 Å². The van der Waals surface area contributed by atoms with Crippen LogP contribution in [0.5, 0.6) is 0 Å². The maximum absolute atomic E-state index is 11.1. The first kappa shape index (κ1) is 15.4. The lowest BCUT2D eigenvalue weighted by Gasteiger charge is -2.04. The van der Waals surface area contributed by atoms with E-state index in [4.69, 9.17) is 4.55 Å². The molecule has 0 amide bonds. The summed E-state index contributed by atoms with van der Waals surface area (Å²) in [6.07, 6.45) is 0. The topological polar surface area (TPSA) is 184 Å². The molecule has 1 aromatic rings. The summed E-state index contributed by atoms with van der Waals surface area (Å²) < 4.78 is 31.1. The van der Waals surface area contributed by atoms with Crippen LogP contribution >= 0.6 is 0 Å². The van der Waals surface area contributed by atoms with Gasteiger partial charge in [-0.3, -0.25) is 34.9 Å². The van der Waals surface area contributed by atoms with E-state index in [-0.39, 0.29) is 6.07 Å². The molecule has 0 aliphatic rings. The highest BCUT2D eigenvalue weighted by Crippen LogP contribution is 2.40. The fourth-order valence-electron chi connectivity index (χ4n) is 1.52. The Balaban J connectivity index is 4.10. The molecule has 0 aromatic heterocycles. The summed E-state index contributed by atoms with van der Waals surface area (Å²) in [6, 6.07) is 0.242. The highest BCUT2D eigenvalue weighted by Gasteiger charge is 2.40. The summed E-state index contributed by atoms with van der Waals surface area (Å²) >= 11 is 0. The predicted molar refractivity (Wildman–Crippen MR) is 61.0 cm³/mol. The minimum Gasteiger partial charge on any atom is -0.281 e. The minimum absolute atomic E-state index is 0.242. The van der Waals surface area contributed by atoms with Gasteiger partial charge in [0, 0.05) is 0 Å². The second kappa shape index (κ2) is 4.78. The molecule has 0 saturated heterocycles. The lowest BCUT2D eigenvalue weighted by molar-refractivity contribution is -0.408. The second-order valence-corrected chi connectivity index (χ2v) is 4.82. The first-order valence-electron chi connectivity index (χ1n) is 4.56. The Bertz CT molecular complexity index is 738. The van der Waals surface area contributed by atoms with Gasteiger partial charge in [0.25, 0.3) is 5.69 Å². The molecule has 0 atom stereocenters. The lowest BCUT2D eigenvalue weighted by Crippen LogP contribution is -2.10. The van der Waals surface area contributed by atoms with Gasteiger partial charge < -0.3 is 0 Å². The molecular formula is C7H5N3O9S. The van der Waals surface area contributed by atoms with E-state index in [0.717, 1.165) is 6.92 Å². The van der Waals surface area contributed by atoms with Gasteiger partial charge >= 0.3 is 21.5 Å². The van der Waals surface area contributed by atoms with Gasteiger partial charge in [0.2, 0.25) is 4.90 Å². The molecule has 13 heteroatoms. The van der Waals surface area contributed by atoms with E-state index >= 15 is 0 Å². The molecule has 12 nitrogen and oxygen atoms in total. The third-order valence-corrected chi connectivity index (χ3v) is 3.21. The van der Waals surface area contributed by atoms with E-state index in [1.807, 2.05) is 0 Å². The van der Waals surface area contributed by atoms with Crippen molar-refractivity contribution in [2.24, 2.45) is 0 Å². The first-order valence-corrected chi connectivity index (χ1v) is 6.00. The van der Waals surface area contributed by atoms with Gasteiger partial charge in [-0.25, -0.2) is 0 Å². The maximum Gasteiger partial charge on any atom is 0.308 e. The van der Waals surface area contributed by atoms with Crippen LogP contribution in [0.4, 0.5) is 17.1 Å². The van der Waals surface area contributed by atoms with Gasteiger partial charge in [0.15, 0.2) is 0 Å². The van der Waals surface area contributed by atoms with Crippen LogP contribution in [0, 0.1) is 37.3 Å². The maximum atomic E-state index is 11.1. The zero-order valence-electron chi connectivity index (χ0n) is 9.54. The Labute approximate surface area is 109 Å². The summed E-state index contributed by atoms with van der Waals surface area (Å²) in [7, 11) is -5.33. The van der Waals surface area contributed by atoms with E-state index in [2.05, 4.69) is 0 Å². The molecular weight excluding hydrogens is 302 g/mol. The van der Waals surface area contributed by atoms with Gasteiger partial charge in [-0.2, -0.15) is 8.42 Å². The summed E-state index contributed by atoms with van der Waals surface area (Å²) in [5.74, 6) is 0. The summed E-state index contributed by atoms with van der Waals surface area (Å²) in [4.78, 5) is 26.8. The Morgan fingerprint density at radius 1 is 1.00 bits per heavy atom. The van der Waals surface area contributed by atoms with Crippen molar-refractivity contribution in [3.05, 3.63) is 42.0 Å². The molecule has 0 radical (unpaired) electrons. The fourth-order valence-corrected chi connectivity index (χ4v) is 2.39. The molecule has 108 valence electrons. The van der Waals surface area contributed by atoms with Crippen LogP contribution in [0.25, 0.3) is 0 Å². The number of benzene rings is 1. The van der Waals surface area contributed by atoms with Crippen LogP contribution in [0.1, 0.15) is 5.56 Å². The normalized spacial score (nSPS) is 11.1. The Morgan fingerprint density at radius 2 is 1.45 bits per heavy atom. The molecule has 0 heterocycles. The van der Waals surface area contributed by atoms with E-state index in [1.165, 1.54) is 0 Å². The highest BCUT2D eigenvalue weighted by atomic mass is 32.2. The molecule has 0 spiro atoms. The Hall–Kier alpha value is -2.67. The van der Waals surface area contributed by atoms with Gasteiger partial charge in [0.05, 0.1) is 20.8 Å². The van der Waals surface area contributed by atoms with Crippen LogP contribution in [0.15, 0.2) is 11.0 Å². The fraction of sp³-hybridized carbons (Fsp3) is 0.143. The Morgan fingerprint density at radius 3 is 1.75 bits per heavy atom. The number of nitro benzene ring substituents is 3. The van der Waals surface area contributed by atoms with Gasteiger partial charge in [-0.15, -0.1) is 0 Å². The number of rotatable bonds is 4. The monoisotopic (exact) mass is 307 g/mol. The van der Waals surface area contributed by atoms with Crippen LogP contribution in [0.2, 0.25) is 0 Å². The average molecular weight is 307 g/mol. The quantitative estimate of drug-likeness (QED) is 0.480. The largest absolute Gasteiger partial charge is 0.308 e. The third kappa shape index (κ3) is 2.52. The van der Waals surface area contributed by atoms with E-state index in [1.54, 1.807) is 0 Å². The predicted octanol–water partition coefficient (Wildman–Crippen LogP) is 0.966. The highest BCUT2D eigenvalue weighted by molar-refractivity contribution is 7.86. The number of nitrogens with zero attached hydrogens (tertiary/aromatic N) is 3. The average Bonchev–Trinajstić information content (AvgIpc) is 2.25. The van der Waals surface area contributed by atoms with Gasteiger partial charge in [0.1, 0.15) is 5.56 Å². The van der Waals surface area contributed by atoms with Crippen molar-refractivity contribution in [1.29, 1.82) is 0 Å². The summed E-state index contributed by atoms with van der Waals surface area (Å²) in [5, 5.41) is 32.2. The zero-order valence-corrected chi connectivity index (χ0v) is 10.4. The number of nitro groups is 3. The standard InChI is InChI=1S/C7H5N3O9S/c1-3-4(8(11)12)2-5(9(13)14)7(20(17,18)19)6(3)10(15)16/h2H,1H3,(H,17,18,19). The molecule has 0 aliphatic carbocycles. The number of hydrogen-bond donors (Lipinski definition) is 1. The molecule has 20 heavy (non-hydrogen) atoms. The second-order valence-electron chi connectivity index (χ2n) is 3.46. The molecule has 0 saturated carbocycles. The smallest absolute Gasteiger partial charge is 0.281 e. The van der Waals surface area contributed by atoms with Crippen molar-refractivity contribution in [2.45, 2.75) is 11.8 Å². The van der Waals surface area contributed by atoms with Crippen LogP contribution in [-0.4, -0.2) is 27.7 Å². The molecule has 1 aromatic carbocycles. The number of hydrogen-bond acceptors (Lipinski definition) is 8. The van der Waals surface area contributed by atoms with E-state index < -0.39 is 52.4 Å². The first-order chi connectivity index (χ1) is 8.98. The summed E-state index contributed by atoms with van der Waals surface area (Å²) in [6.45, 7) is 0.842. The molecule has 0 fully saturated rings. The van der Waals surface area contributed by atoms with Crippen LogP contribution < -0.4 is 0 Å². The minimum atomic E-state index is -5.33. The van der Waals surface area contributed by atoms with Gasteiger partial charge in [-0.1, -0.05) is 0 Å². The molecule has 0 bridgehead atoms. The third-order valence-electron chi connectivity index (χ3n) is 2.29. The molecule has 1 rings (SSSR count). The van der Waals surface area contributed by atoms with Gasteiger partial charge in [-0.05, 0) is 6.92 Å². The van der Waals surface area contributed by atoms with Crippen molar-refractivity contribution in [1.82, 2.24) is 0 Å². The Kier molecular flexibility index (Phi) is 3.68. The van der Waals surface area contributed by atoms with E-state index in [0.29, 0.717) is 0 Å². The SMILES string of the molecule is Cc1c([N+](=O)[O-])cc([N+](=O)[O-])c(S(=O)(=O)O)c1[N+](=O)[O-]. The van der Waals surface area contributed by atoms with E-state index in [9.17, 15) is 38.8 Å². The van der Waals surface area contributed by atoms with Crippen molar-refractivity contribution < 1.29 is 27.7 Å². The zero-order chi connectivity index (χ0) is 15.8. The van der Waals surface area contributed by atoms with Crippen molar-refractivity contribution in [3.63, 3.8) is 0 Å². The molecule has 1 N–H and O–H groups in total. The van der Waals surface area contributed by atoms with Crippen LogP contribution in [-0.2, 0) is 10.1 Å². The van der Waals surface area contributed by atoms with Crippen molar-refractivity contribution in [3.8, 4) is 0 Å². The van der Waals surface area contributed by atoms with Crippen molar-refractivity contribution in [2.75, 3.05) is 0 Å². The summed E-state index contributed by atoms with van der Waals surface area (Å²) in [5.41, 5.74) is -4.58. The molecule has 0 aliphatic heterocycles. The molecule has 0 unspecified atom stereocenters.